The van der Waals surface area contributed by atoms with Crippen molar-refractivity contribution in [3.8, 4) is 0 Å². The van der Waals surface area contributed by atoms with Crippen LogP contribution in [0.3, 0.4) is 0 Å². The molecule has 0 fully saturated rings. The molecule has 0 saturated heterocycles. The molecule has 0 bridgehead atoms. The number of hydrogen-bond acceptors (Lipinski definition) is 2. The summed E-state index contributed by atoms with van der Waals surface area (Å²) < 4.78 is 0. The van der Waals surface area contributed by atoms with Crippen molar-refractivity contribution in [3.05, 3.63) is 24.3 Å². The standard InChI is InChI=1S/C12H20NPS/c1-4-13-11-7-9-12(10-8-11)14(15,5-2)6-3/h7-10,13H,4-6H2,1-3H3. The molecule has 0 radical (unpaired) electrons. The van der Waals surface area contributed by atoms with Crippen molar-refractivity contribution in [2.45, 2.75) is 20.8 Å². The molecule has 15 heavy (non-hydrogen) atoms. The lowest BCUT2D eigenvalue weighted by Crippen LogP contribution is -2.08. The third kappa shape index (κ3) is 3.06. The van der Waals surface area contributed by atoms with Crippen LogP contribution < -0.4 is 10.6 Å². The molecule has 0 aliphatic rings. The van der Waals surface area contributed by atoms with E-state index in [0.717, 1.165) is 18.9 Å². The zero-order valence-electron chi connectivity index (χ0n) is 9.79. The van der Waals surface area contributed by atoms with Gasteiger partial charge in [0.15, 0.2) is 0 Å². The maximum Gasteiger partial charge on any atom is 0.0340 e. The van der Waals surface area contributed by atoms with E-state index in [2.05, 4.69) is 50.4 Å². The molecule has 0 heterocycles. The Morgan fingerprint density at radius 3 is 2.00 bits per heavy atom. The van der Waals surface area contributed by atoms with E-state index < -0.39 is 6.04 Å². The van der Waals surface area contributed by atoms with E-state index in [0.29, 0.717) is 0 Å². The van der Waals surface area contributed by atoms with Crippen molar-refractivity contribution in [3.63, 3.8) is 0 Å². The number of hydrogen-bond donors (Lipinski definition) is 1. The van der Waals surface area contributed by atoms with Crippen LogP contribution in [0, 0.1) is 0 Å². The quantitative estimate of drug-likeness (QED) is 0.794. The molecule has 0 atom stereocenters. The molecule has 1 aromatic rings. The highest BCUT2D eigenvalue weighted by Crippen LogP contribution is 2.43. The van der Waals surface area contributed by atoms with Gasteiger partial charge in [-0.1, -0.05) is 37.8 Å². The van der Waals surface area contributed by atoms with Gasteiger partial charge in [-0.05, 0) is 42.7 Å². The normalized spacial score (nSPS) is 11.4. The summed E-state index contributed by atoms with van der Waals surface area (Å²) in [6.45, 7) is 7.50. The summed E-state index contributed by atoms with van der Waals surface area (Å²) in [6.07, 6.45) is 2.25. The predicted octanol–water partition coefficient (Wildman–Crippen LogP) is 3.26. The van der Waals surface area contributed by atoms with Gasteiger partial charge in [0, 0.05) is 12.2 Å². The SMILES string of the molecule is CCNc1ccc(P(=S)(CC)CC)cc1. The van der Waals surface area contributed by atoms with Gasteiger partial charge in [0.1, 0.15) is 0 Å². The van der Waals surface area contributed by atoms with E-state index in [1.807, 2.05) is 0 Å². The van der Waals surface area contributed by atoms with Gasteiger partial charge < -0.3 is 5.32 Å². The summed E-state index contributed by atoms with van der Waals surface area (Å²) in [5.74, 6) is 0. The highest BCUT2D eigenvalue weighted by Gasteiger charge is 2.14. The lowest BCUT2D eigenvalue weighted by molar-refractivity contribution is 1.21. The van der Waals surface area contributed by atoms with Gasteiger partial charge in [0.05, 0.1) is 0 Å². The molecule has 84 valence electrons. The molecule has 0 unspecified atom stereocenters. The number of rotatable bonds is 5. The Balaban J connectivity index is 2.92. The van der Waals surface area contributed by atoms with Crippen molar-refractivity contribution in [1.82, 2.24) is 0 Å². The topological polar surface area (TPSA) is 12.0 Å². The van der Waals surface area contributed by atoms with E-state index in [9.17, 15) is 0 Å². The first-order valence-electron chi connectivity index (χ1n) is 5.58. The third-order valence-corrected chi connectivity index (χ3v) is 8.20. The van der Waals surface area contributed by atoms with Crippen LogP contribution in [-0.2, 0) is 11.8 Å². The molecule has 0 aromatic heterocycles. The predicted molar refractivity (Wildman–Crippen MR) is 75.6 cm³/mol. The molecule has 0 amide bonds. The lowest BCUT2D eigenvalue weighted by Gasteiger charge is -2.19. The van der Waals surface area contributed by atoms with Crippen LogP contribution in [0.25, 0.3) is 0 Å². The Bertz CT molecular complexity index is 337. The van der Waals surface area contributed by atoms with Crippen molar-refractivity contribution < 1.29 is 0 Å². The van der Waals surface area contributed by atoms with Gasteiger partial charge in [-0.2, -0.15) is 0 Å². The Morgan fingerprint density at radius 2 is 1.60 bits per heavy atom. The molecule has 1 nitrogen and oxygen atoms in total. The van der Waals surface area contributed by atoms with Crippen LogP contribution in [0.2, 0.25) is 0 Å². The van der Waals surface area contributed by atoms with E-state index in [1.54, 1.807) is 0 Å². The van der Waals surface area contributed by atoms with E-state index in [-0.39, 0.29) is 0 Å². The fraction of sp³-hybridized carbons (Fsp3) is 0.500. The molecule has 0 saturated carbocycles. The zero-order valence-corrected chi connectivity index (χ0v) is 11.5. The minimum Gasteiger partial charge on any atom is -0.385 e. The zero-order chi connectivity index (χ0) is 11.3. The average molecular weight is 241 g/mol. The largest absolute Gasteiger partial charge is 0.385 e. The highest BCUT2D eigenvalue weighted by atomic mass is 32.4. The maximum absolute atomic E-state index is 5.77. The lowest BCUT2D eigenvalue weighted by atomic mass is 10.3. The third-order valence-electron chi connectivity index (χ3n) is 2.74. The highest BCUT2D eigenvalue weighted by molar-refractivity contribution is 8.18. The summed E-state index contributed by atoms with van der Waals surface area (Å²) in [5.41, 5.74) is 1.19. The van der Waals surface area contributed by atoms with Crippen LogP contribution in [0.15, 0.2) is 24.3 Å². The number of nitrogens with one attached hydrogen (secondary N) is 1. The summed E-state index contributed by atoms with van der Waals surface area (Å²) in [7, 11) is 0. The molecule has 1 rings (SSSR count). The molecule has 1 N–H and O–H groups in total. The molecule has 1 aromatic carbocycles. The first kappa shape index (κ1) is 12.7. The molecule has 0 spiro atoms. The second-order valence-corrected chi connectivity index (χ2v) is 9.26. The Kier molecular flexibility index (Phi) is 4.82. The fourth-order valence-electron chi connectivity index (χ4n) is 1.64. The van der Waals surface area contributed by atoms with E-state index in [4.69, 9.17) is 11.8 Å². The Morgan fingerprint density at radius 1 is 1.07 bits per heavy atom. The van der Waals surface area contributed by atoms with Crippen molar-refractivity contribution in [2.24, 2.45) is 0 Å². The van der Waals surface area contributed by atoms with Gasteiger partial charge in [0.25, 0.3) is 0 Å². The van der Waals surface area contributed by atoms with Crippen molar-refractivity contribution in [2.75, 3.05) is 24.2 Å². The summed E-state index contributed by atoms with van der Waals surface area (Å²) in [5, 5.41) is 4.68. The summed E-state index contributed by atoms with van der Waals surface area (Å²) in [6, 6.07) is 7.42. The van der Waals surface area contributed by atoms with Crippen LogP contribution in [0.5, 0.6) is 0 Å². The summed E-state index contributed by atoms with van der Waals surface area (Å²) >= 11 is 5.77. The average Bonchev–Trinajstić information content (AvgIpc) is 2.29. The Hall–Kier alpha value is -0.330. The minimum absolute atomic E-state index is 0.967. The smallest absolute Gasteiger partial charge is 0.0340 e. The minimum atomic E-state index is -1.27. The first-order chi connectivity index (χ1) is 7.16. The number of anilines is 1. The van der Waals surface area contributed by atoms with E-state index in [1.165, 1.54) is 11.0 Å². The van der Waals surface area contributed by atoms with Crippen LogP contribution >= 0.6 is 6.04 Å². The second-order valence-electron chi connectivity index (χ2n) is 3.60. The maximum atomic E-state index is 5.77. The fourth-order valence-corrected chi connectivity index (χ4v) is 3.88. The van der Waals surface area contributed by atoms with Gasteiger partial charge in [-0.15, -0.1) is 0 Å². The molecule has 0 aliphatic carbocycles. The molecular formula is C12H20NPS. The molecule has 3 heteroatoms. The van der Waals surface area contributed by atoms with Crippen molar-refractivity contribution >= 4 is 28.8 Å². The van der Waals surface area contributed by atoms with Gasteiger partial charge in [0.2, 0.25) is 0 Å². The monoisotopic (exact) mass is 241 g/mol. The van der Waals surface area contributed by atoms with Crippen molar-refractivity contribution in [1.29, 1.82) is 0 Å². The van der Waals surface area contributed by atoms with Crippen LogP contribution in [0.4, 0.5) is 5.69 Å². The van der Waals surface area contributed by atoms with Crippen LogP contribution in [0.1, 0.15) is 20.8 Å². The summed E-state index contributed by atoms with van der Waals surface area (Å²) in [4.78, 5) is 0. The second kappa shape index (κ2) is 5.67. The van der Waals surface area contributed by atoms with E-state index >= 15 is 0 Å². The van der Waals surface area contributed by atoms with Gasteiger partial charge in [-0.3, -0.25) is 0 Å². The van der Waals surface area contributed by atoms with Gasteiger partial charge in [-0.25, -0.2) is 0 Å². The Labute approximate surface area is 98.3 Å². The molecule has 0 aliphatic heterocycles. The van der Waals surface area contributed by atoms with Gasteiger partial charge >= 0.3 is 0 Å². The van der Waals surface area contributed by atoms with Crippen LogP contribution in [-0.4, -0.2) is 18.9 Å². The first-order valence-corrected chi connectivity index (χ1v) is 8.76. The number of benzene rings is 1. The molecular weight excluding hydrogens is 221 g/mol.